The van der Waals surface area contributed by atoms with E-state index < -0.39 is 27.3 Å². The lowest BCUT2D eigenvalue weighted by Gasteiger charge is -2.10. The van der Waals surface area contributed by atoms with Crippen LogP contribution in [0.4, 0.5) is 14.5 Å². The van der Waals surface area contributed by atoms with Crippen molar-refractivity contribution in [3.05, 3.63) is 45.2 Å². The maximum atomic E-state index is 13.9. The molecule has 0 fully saturated rings. The first kappa shape index (κ1) is 15.9. The number of halogens is 2. The second kappa shape index (κ2) is 5.70. The summed E-state index contributed by atoms with van der Waals surface area (Å²) in [6.07, 6.45) is 0. The predicted molar refractivity (Wildman–Crippen MR) is 76.9 cm³/mol. The van der Waals surface area contributed by atoms with Gasteiger partial charge in [-0.2, -0.15) is 0 Å². The number of benzene rings is 1. The molecule has 2 N–H and O–H groups in total. The van der Waals surface area contributed by atoms with E-state index in [1.165, 1.54) is 19.1 Å². The zero-order valence-electron chi connectivity index (χ0n) is 11.3. The number of aliphatic hydroxyl groups excluding tert-OH is 1. The van der Waals surface area contributed by atoms with Gasteiger partial charge >= 0.3 is 0 Å². The average molecular weight is 333 g/mol. The summed E-state index contributed by atoms with van der Waals surface area (Å²) in [4.78, 5) is 0.787. The number of aryl methyl sites for hydroxylation is 2. The molecule has 0 saturated carbocycles. The molecule has 2 aromatic rings. The van der Waals surface area contributed by atoms with Crippen LogP contribution in [0.1, 0.15) is 15.3 Å². The number of rotatable bonds is 4. The molecule has 0 unspecified atom stereocenters. The van der Waals surface area contributed by atoms with Crippen molar-refractivity contribution in [3.63, 3.8) is 0 Å². The maximum Gasteiger partial charge on any atom is 0.263 e. The van der Waals surface area contributed by atoms with Crippen LogP contribution in [0.15, 0.2) is 23.1 Å². The molecule has 1 aromatic carbocycles. The van der Waals surface area contributed by atoms with Crippen LogP contribution >= 0.6 is 11.3 Å². The van der Waals surface area contributed by atoms with Gasteiger partial charge in [-0.1, -0.05) is 6.07 Å². The van der Waals surface area contributed by atoms with Crippen LogP contribution < -0.4 is 4.72 Å². The fourth-order valence-corrected chi connectivity index (χ4v) is 4.37. The van der Waals surface area contributed by atoms with E-state index in [1.807, 2.05) is 4.72 Å². The molecule has 2 rings (SSSR count). The van der Waals surface area contributed by atoms with Crippen LogP contribution in [0.25, 0.3) is 0 Å². The number of thiophene rings is 1. The lowest BCUT2D eigenvalue weighted by molar-refractivity contribution is 0.285. The van der Waals surface area contributed by atoms with Gasteiger partial charge in [-0.05, 0) is 31.5 Å². The van der Waals surface area contributed by atoms with Crippen molar-refractivity contribution >= 4 is 27.0 Å². The first-order valence-corrected chi connectivity index (χ1v) is 8.24. The quantitative estimate of drug-likeness (QED) is 0.904. The highest BCUT2D eigenvalue weighted by Gasteiger charge is 2.23. The van der Waals surface area contributed by atoms with E-state index in [2.05, 4.69) is 0 Å². The highest BCUT2D eigenvalue weighted by molar-refractivity contribution is 7.93. The van der Waals surface area contributed by atoms with E-state index in [0.717, 1.165) is 17.4 Å². The van der Waals surface area contributed by atoms with Crippen LogP contribution in [-0.2, 0) is 16.6 Å². The second-order valence-corrected chi connectivity index (χ2v) is 7.44. The zero-order valence-corrected chi connectivity index (χ0v) is 12.9. The Morgan fingerprint density at radius 1 is 1.29 bits per heavy atom. The van der Waals surface area contributed by atoms with Crippen molar-refractivity contribution in [2.75, 3.05) is 4.72 Å². The molecule has 1 aromatic heterocycles. The molecule has 0 aliphatic rings. The zero-order chi connectivity index (χ0) is 15.8. The monoisotopic (exact) mass is 333 g/mol. The average Bonchev–Trinajstić information content (AvgIpc) is 2.81. The standard InChI is InChI=1S/C13H13F2NO3S2/c1-7-3-4-10(14)13(12(7)15)16-21(18,19)11-5-9(6-17)20-8(11)2/h3-5,16-17H,6H2,1-2H3. The minimum Gasteiger partial charge on any atom is -0.391 e. The SMILES string of the molecule is Cc1ccc(F)c(NS(=O)(=O)c2cc(CO)sc2C)c1F. The number of hydrogen-bond acceptors (Lipinski definition) is 4. The van der Waals surface area contributed by atoms with Gasteiger partial charge in [0.2, 0.25) is 0 Å². The van der Waals surface area contributed by atoms with Crippen LogP contribution in [0, 0.1) is 25.5 Å². The second-order valence-electron chi connectivity index (χ2n) is 4.45. The number of nitrogens with one attached hydrogen (secondary N) is 1. The van der Waals surface area contributed by atoms with E-state index in [4.69, 9.17) is 5.11 Å². The van der Waals surface area contributed by atoms with Crippen LogP contribution in [0.2, 0.25) is 0 Å². The highest BCUT2D eigenvalue weighted by Crippen LogP contribution is 2.29. The Hall–Kier alpha value is -1.51. The number of aliphatic hydroxyl groups is 1. The molecule has 0 bridgehead atoms. The molecule has 4 nitrogen and oxygen atoms in total. The normalized spacial score (nSPS) is 11.7. The van der Waals surface area contributed by atoms with Gasteiger partial charge in [0.1, 0.15) is 16.4 Å². The molecule has 21 heavy (non-hydrogen) atoms. The molecular formula is C13H13F2NO3S2. The van der Waals surface area contributed by atoms with Crippen molar-refractivity contribution in [1.82, 2.24) is 0 Å². The van der Waals surface area contributed by atoms with Gasteiger partial charge in [-0.25, -0.2) is 17.2 Å². The third kappa shape index (κ3) is 3.07. The summed E-state index contributed by atoms with van der Waals surface area (Å²) in [5.74, 6) is -1.94. The van der Waals surface area contributed by atoms with Crippen molar-refractivity contribution in [2.45, 2.75) is 25.3 Å². The molecule has 8 heteroatoms. The Balaban J connectivity index is 2.47. The lowest BCUT2D eigenvalue weighted by atomic mass is 10.2. The van der Waals surface area contributed by atoms with E-state index in [-0.39, 0.29) is 17.1 Å². The van der Waals surface area contributed by atoms with Crippen LogP contribution in [-0.4, -0.2) is 13.5 Å². The summed E-state index contributed by atoms with van der Waals surface area (Å²) in [7, 11) is -4.13. The summed E-state index contributed by atoms with van der Waals surface area (Å²) < 4.78 is 54.0. The minimum atomic E-state index is -4.13. The smallest absolute Gasteiger partial charge is 0.263 e. The fourth-order valence-electron chi connectivity index (χ4n) is 1.81. The van der Waals surface area contributed by atoms with Crippen molar-refractivity contribution in [3.8, 4) is 0 Å². The minimum absolute atomic E-state index is 0.100. The van der Waals surface area contributed by atoms with Crippen LogP contribution in [0.3, 0.4) is 0 Å². The third-order valence-corrected chi connectivity index (χ3v) is 5.53. The molecule has 0 aliphatic carbocycles. The molecule has 0 amide bonds. The maximum absolute atomic E-state index is 13.9. The van der Waals surface area contributed by atoms with Gasteiger partial charge in [-0.3, -0.25) is 4.72 Å². The first-order valence-electron chi connectivity index (χ1n) is 5.94. The molecule has 0 aliphatic heterocycles. The largest absolute Gasteiger partial charge is 0.391 e. The van der Waals surface area contributed by atoms with Gasteiger partial charge in [-0.15, -0.1) is 11.3 Å². The summed E-state index contributed by atoms with van der Waals surface area (Å²) in [5.41, 5.74) is -0.571. The van der Waals surface area contributed by atoms with Gasteiger partial charge in [0.05, 0.1) is 6.61 Å². The molecule has 0 atom stereocenters. The molecule has 0 radical (unpaired) electrons. The predicted octanol–water partition coefficient (Wildman–Crippen LogP) is 2.94. The number of sulfonamides is 1. The van der Waals surface area contributed by atoms with Gasteiger partial charge in [0, 0.05) is 9.75 Å². The molecule has 114 valence electrons. The number of anilines is 1. The van der Waals surface area contributed by atoms with Crippen molar-refractivity contribution in [1.29, 1.82) is 0 Å². The Kier molecular flexibility index (Phi) is 4.31. The topological polar surface area (TPSA) is 66.4 Å². The first-order chi connectivity index (χ1) is 9.76. The van der Waals surface area contributed by atoms with Crippen LogP contribution in [0.5, 0.6) is 0 Å². The highest BCUT2D eigenvalue weighted by atomic mass is 32.2. The lowest BCUT2D eigenvalue weighted by Crippen LogP contribution is -2.15. The van der Waals surface area contributed by atoms with E-state index in [0.29, 0.717) is 9.75 Å². The van der Waals surface area contributed by atoms with E-state index in [1.54, 1.807) is 6.92 Å². The Morgan fingerprint density at radius 2 is 1.95 bits per heavy atom. The summed E-state index contributed by atoms with van der Waals surface area (Å²) in [5, 5.41) is 9.03. The molecule has 0 spiro atoms. The summed E-state index contributed by atoms with van der Waals surface area (Å²) >= 11 is 1.11. The van der Waals surface area contributed by atoms with E-state index >= 15 is 0 Å². The number of hydrogen-bond donors (Lipinski definition) is 2. The van der Waals surface area contributed by atoms with E-state index in [9.17, 15) is 17.2 Å². The molecular weight excluding hydrogens is 320 g/mol. The van der Waals surface area contributed by atoms with Crippen molar-refractivity contribution < 1.29 is 22.3 Å². The summed E-state index contributed by atoms with van der Waals surface area (Å²) in [6.45, 7) is 2.67. The molecule has 0 saturated heterocycles. The summed E-state index contributed by atoms with van der Waals surface area (Å²) in [6, 6.07) is 3.51. The molecule has 1 heterocycles. The fraction of sp³-hybridized carbons (Fsp3) is 0.231. The Bertz CT molecular complexity index is 785. The van der Waals surface area contributed by atoms with Crippen molar-refractivity contribution in [2.24, 2.45) is 0 Å². The Morgan fingerprint density at radius 3 is 2.52 bits per heavy atom. The Labute approximate surface area is 125 Å². The van der Waals surface area contributed by atoms with Gasteiger partial charge in [0.15, 0.2) is 5.82 Å². The van der Waals surface area contributed by atoms with Gasteiger partial charge < -0.3 is 5.11 Å². The van der Waals surface area contributed by atoms with Gasteiger partial charge in [0.25, 0.3) is 10.0 Å². The third-order valence-electron chi connectivity index (χ3n) is 2.89.